The first-order chi connectivity index (χ1) is 13.0. The Morgan fingerprint density at radius 1 is 0.963 bits per heavy atom. The molecule has 0 aliphatic heterocycles. The summed E-state index contributed by atoms with van der Waals surface area (Å²) in [6.45, 7) is 0. The highest BCUT2D eigenvalue weighted by atomic mass is 79.9. The van der Waals surface area contributed by atoms with Gasteiger partial charge < -0.3 is 4.74 Å². The van der Waals surface area contributed by atoms with Crippen LogP contribution in [-0.2, 0) is 0 Å². The van der Waals surface area contributed by atoms with Gasteiger partial charge in [0.05, 0.1) is 16.2 Å². The number of nitro groups is 1. The topological polar surface area (TPSA) is 81.8 Å². The van der Waals surface area contributed by atoms with E-state index in [1.165, 1.54) is 12.1 Å². The van der Waals surface area contributed by atoms with Crippen LogP contribution in [0.5, 0.6) is 5.75 Å². The summed E-state index contributed by atoms with van der Waals surface area (Å²) in [5.74, 6) is 0.0168. The molecule has 0 atom stereocenters. The summed E-state index contributed by atoms with van der Waals surface area (Å²) in [5, 5.41) is 10.6. The number of halogens is 1. The molecule has 0 radical (unpaired) electrons. The van der Waals surface area contributed by atoms with E-state index in [2.05, 4.69) is 20.9 Å². The maximum absolute atomic E-state index is 12.2. The third kappa shape index (κ3) is 5.08. The Kier molecular flexibility index (Phi) is 5.73. The highest BCUT2D eigenvalue weighted by Crippen LogP contribution is 2.19. The lowest BCUT2D eigenvalue weighted by molar-refractivity contribution is -0.384. The first-order valence-electron chi connectivity index (χ1n) is 7.87. The molecule has 0 N–H and O–H groups in total. The molecule has 0 heterocycles. The van der Waals surface area contributed by atoms with Crippen molar-refractivity contribution in [2.45, 2.75) is 0 Å². The summed E-state index contributed by atoms with van der Waals surface area (Å²) >= 11 is 3.32. The number of aliphatic imine (C=N–C) groups is 1. The van der Waals surface area contributed by atoms with Crippen LogP contribution in [-0.4, -0.2) is 17.1 Å². The smallest absolute Gasteiger partial charge is 0.343 e. The molecule has 3 aromatic rings. The zero-order chi connectivity index (χ0) is 19.2. The summed E-state index contributed by atoms with van der Waals surface area (Å²) < 4.78 is 6.21. The van der Waals surface area contributed by atoms with Crippen molar-refractivity contribution in [3.8, 4) is 5.75 Å². The first kappa shape index (κ1) is 18.5. The Labute approximate surface area is 163 Å². The van der Waals surface area contributed by atoms with Crippen LogP contribution in [0.4, 0.5) is 11.4 Å². The highest BCUT2D eigenvalue weighted by Gasteiger charge is 2.08. The maximum Gasteiger partial charge on any atom is 0.343 e. The Bertz CT molecular complexity index is 982. The minimum Gasteiger partial charge on any atom is -0.423 e. The molecular formula is C20H13BrN2O4. The van der Waals surface area contributed by atoms with Gasteiger partial charge in [-0.25, -0.2) is 4.79 Å². The third-order valence-electron chi connectivity index (χ3n) is 3.59. The van der Waals surface area contributed by atoms with E-state index in [0.29, 0.717) is 17.0 Å². The minimum atomic E-state index is -0.459. The number of rotatable bonds is 5. The van der Waals surface area contributed by atoms with Gasteiger partial charge in [0.15, 0.2) is 0 Å². The fourth-order valence-corrected chi connectivity index (χ4v) is 2.45. The van der Waals surface area contributed by atoms with Crippen molar-refractivity contribution < 1.29 is 14.5 Å². The summed E-state index contributed by atoms with van der Waals surface area (Å²) in [7, 11) is 0. The van der Waals surface area contributed by atoms with Gasteiger partial charge in [-0.05, 0) is 54.1 Å². The number of hydrogen-bond donors (Lipinski definition) is 0. The SMILES string of the molecule is O=C(Oc1ccc(Br)cc1)c1ccc(C=Nc2ccc([N+](=O)[O-])cc2)cc1. The summed E-state index contributed by atoms with van der Waals surface area (Å²) in [4.78, 5) is 26.6. The van der Waals surface area contributed by atoms with E-state index in [-0.39, 0.29) is 5.69 Å². The number of nitro benzene ring substituents is 1. The van der Waals surface area contributed by atoms with Gasteiger partial charge in [-0.2, -0.15) is 0 Å². The predicted molar refractivity (Wildman–Crippen MR) is 106 cm³/mol. The Morgan fingerprint density at radius 2 is 1.59 bits per heavy atom. The molecule has 0 aromatic heterocycles. The molecule has 6 nitrogen and oxygen atoms in total. The monoisotopic (exact) mass is 424 g/mol. The highest BCUT2D eigenvalue weighted by molar-refractivity contribution is 9.10. The molecule has 0 saturated heterocycles. The Hall–Kier alpha value is -3.32. The normalized spacial score (nSPS) is 10.7. The van der Waals surface area contributed by atoms with Gasteiger partial charge in [-0.1, -0.05) is 28.1 Å². The van der Waals surface area contributed by atoms with Crippen LogP contribution in [0.25, 0.3) is 0 Å². The van der Waals surface area contributed by atoms with E-state index in [4.69, 9.17) is 4.74 Å². The second kappa shape index (κ2) is 8.37. The zero-order valence-electron chi connectivity index (χ0n) is 13.9. The van der Waals surface area contributed by atoms with Crippen molar-refractivity contribution in [3.63, 3.8) is 0 Å². The number of carbonyl (C=O) groups is 1. The van der Waals surface area contributed by atoms with Gasteiger partial charge in [0, 0.05) is 22.8 Å². The Morgan fingerprint density at radius 3 is 2.19 bits per heavy atom. The van der Waals surface area contributed by atoms with E-state index in [1.54, 1.807) is 66.9 Å². The van der Waals surface area contributed by atoms with E-state index in [0.717, 1.165) is 10.0 Å². The van der Waals surface area contributed by atoms with E-state index < -0.39 is 10.9 Å². The largest absolute Gasteiger partial charge is 0.423 e. The molecule has 3 rings (SSSR count). The lowest BCUT2D eigenvalue weighted by Gasteiger charge is -2.04. The van der Waals surface area contributed by atoms with Crippen LogP contribution in [0.2, 0.25) is 0 Å². The quantitative estimate of drug-likeness (QED) is 0.182. The van der Waals surface area contributed by atoms with Crippen molar-refractivity contribution in [2.24, 2.45) is 4.99 Å². The van der Waals surface area contributed by atoms with Gasteiger partial charge in [0.1, 0.15) is 5.75 Å². The van der Waals surface area contributed by atoms with E-state index >= 15 is 0 Å². The van der Waals surface area contributed by atoms with Crippen LogP contribution < -0.4 is 4.74 Å². The number of esters is 1. The molecule has 0 bridgehead atoms. The lowest BCUT2D eigenvalue weighted by atomic mass is 10.1. The second-order valence-corrected chi connectivity index (χ2v) is 6.41. The van der Waals surface area contributed by atoms with Gasteiger partial charge in [-0.3, -0.25) is 15.1 Å². The number of ether oxygens (including phenoxy) is 1. The molecule has 0 unspecified atom stereocenters. The van der Waals surface area contributed by atoms with Crippen LogP contribution in [0.3, 0.4) is 0 Å². The summed E-state index contributed by atoms with van der Waals surface area (Å²) in [5.41, 5.74) is 1.82. The average molecular weight is 425 g/mol. The zero-order valence-corrected chi connectivity index (χ0v) is 15.5. The molecule has 0 fully saturated rings. The van der Waals surface area contributed by atoms with Gasteiger partial charge in [0.25, 0.3) is 5.69 Å². The van der Waals surface area contributed by atoms with Crippen molar-refractivity contribution in [2.75, 3.05) is 0 Å². The number of nitrogens with zero attached hydrogens (tertiary/aromatic N) is 2. The van der Waals surface area contributed by atoms with Gasteiger partial charge in [-0.15, -0.1) is 0 Å². The van der Waals surface area contributed by atoms with Crippen molar-refractivity contribution >= 4 is 39.5 Å². The number of benzene rings is 3. The Balaban J connectivity index is 1.64. The molecule has 0 saturated carbocycles. The fourth-order valence-electron chi connectivity index (χ4n) is 2.18. The molecule has 0 amide bonds. The van der Waals surface area contributed by atoms with E-state index in [1.807, 2.05) is 0 Å². The van der Waals surface area contributed by atoms with Gasteiger partial charge >= 0.3 is 5.97 Å². The summed E-state index contributed by atoms with van der Waals surface area (Å²) in [6, 6.07) is 19.7. The van der Waals surface area contributed by atoms with Gasteiger partial charge in [0.2, 0.25) is 0 Å². The first-order valence-corrected chi connectivity index (χ1v) is 8.67. The average Bonchev–Trinajstić information content (AvgIpc) is 2.69. The molecule has 3 aromatic carbocycles. The van der Waals surface area contributed by atoms with Crippen LogP contribution in [0.15, 0.2) is 82.3 Å². The minimum absolute atomic E-state index is 0.0163. The molecule has 0 aliphatic carbocycles. The predicted octanol–water partition coefficient (Wildman–Crippen LogP) is 5.33. The fraction of sp³-hybridized carbons (Fsp3) is 0. The second-order valence-electron chi connectivity index (χ2n) is 5.50. The van der Waals surface area contributed by atoms with Crippen molar-refractivity contribution in [3.05, 3.63) is 98.5 Å². The van der Waals surface area contributed by atoms with Crippen LogP contribution >= 0.6 is 15.9 Å². The van der Waals surface area contributed by atoms with Crippen molar-refractivity contribution in [1.82, 2.24) is 0 Å². The van der Waals surface area contributed by atoms with Crippen LogP contribution in [0, 0.1) is 10.1 Å². The van der Waals surface area contributed by atoms with E-state index in [9.17, 15) is 14.9 Å². The molecule has 7 heteroatoms. The number of carbonyl (C=O) groups excluding carboxylic acids is 1. The summed E-state index contributed by atoms with van der Waals surface area (Å²) in [6.07, 6.45) is 1.62. The lowest BCUT2D eigenvalue weighted by Crippen LogP contribution is -2.08. The molecule has 0 aliphatic rings. The molecule has 27 heavy (non-hydrogen) atoms. The maximum atomic E-state index is 12.2. The molecule has 134 valence electrons. The number of non-ortho nitro benzene ring substituents is 1. The molecule has 0 spiro atoms. The molecular weight excluding hydrogens is 412 g/mol. The number of hydrogen-bond acceptors (Lipinski definition) is 5. The van der Waals surface area contributed by atoms with Crippen LogP contribution in [0.1, 0.15) is 15.9 Å². The third-order valence-corrected chi connectivity index (χ3v) is 4.12. The van der Waals surface area contributed by atoms with Crippen molar-refractivity contribution in [1.29, 1.82) is 0 Å². The standard InChI is InChI=1S/C20H13BrN2O4/c21-16-5-11-19(12-6-16)27-20(24)15-3-1-14(2-4-15)13-22-17-7-9-18(10-8-17)23(25)26/h1-13H.